The van der Waals surface area contributed by atoms with Crippen molar-refractivity contribution in [2.24, 2.45) is 7.05 Å². The summed E-state index contributed by atoms with van der Waals surface area (Å²) in [6.07, 6.45) is 1.64. The molecule has 1 aliphatic carbocycles. The van der Waals surface area contributed by atoms with Crippen LogP contribution in [0.3, 0.4) is 0 Å². The maximum absolute atomic E-state index is 11.1. The average Bonchev–Trinajstić information content (AvgIpc) is 2.44. The van der Waals surface area contributed by atoms with E-state index < -0.39 is 11.6 Å². The first kappa shape index (κ1) is 10.6. The monoisotopic (exact) mass is 274 g/mol. The molecule has 1 heterocycles. The summed E-state index contributed by atoms with van der Waals surface area (Å²) in [5, 5.41) is 23.3. The molecule has 5 nitrogen and oxygen atoms in total. The second kappa shape index (κ2) is 3.31. The fourth-order valence-electron chi connectivity index (χ4n) is 2.07. The molecule has 15 heavy (non-hydrogen) atoms. The first-order valence-electron chi connectivity index (χ1n) is 4.64. The number of hydrogen-bond donors (Lipinski definition) is 2. The molecule has 1 aromatic rings. The normalized spacial score (nSPS) is 25.0. The van der Waals surface area contributed by atoms with E-state index in [4.69, 9.17) is 5.11 Å². The lowest BCUT2D eigenvalue weighted by atomic mass is 9.83. The van der Waals surface area contributed by atoms with Crippen molar-refractivity contribution in [3.05, 3.63) is 15.9 Å². The molecular formula is C9H11BrN2O3. The number of aryl methyl sites for hydroxylation is 1. The number of aromatic nitrogens is 2. The topological polar surface area (TPSA) is 75.3 Å². The highest BCUT2D eigenvalue weighted by Gasteiger charge is 2.45. The van der Waals surface area contributed by atoms with E-state index in [1.165, 1.54) is 0 Å². The van der Waals surface area contributed by atoms with Crippen LogP contribution in [-0.4, -0.2) is 26.0 Å². The van der Waals surface area contributed by atoms with Crippen molar-refractivity contribution in [3.8, 4) is 0 Å². The molecule has 0 saturated heterocycles. The van der Waals surface area contributed by atoms with Crippen LogP contribution in [0.5, 0.6) is 0 Å². The van der Waals surface area contributed by atoms with Crippen LogP contribution in [0.25, 0.3) is 0 Å². The zero-order valence-electron chi connectivity index (χ0n) is 8.20. The minimum absolute atomic E-state index is 0.236. The van der Waals surface area contributed by atoms with Crippen molar-refractivity contribution in [3.63, 3.8) is 0 Å². The SMILES string of the molecule is Cn1nc(Br)c2c1CCCC2(O)C(=O)O. The van der Waals surface area contributed by atoms with Crippen LogP contribution in [0.1, 0.15) is 24.1 Å². The maximum atomic E-state index is 11.1. The van der Waals surface area contributed by atoms with Gasteiger partial charge in [0.15, 0.2) is 5.60 Å². The number of aliphatic hydroxyl groups is 1. The lowest BCUT2D eigenvalue weighted by Crippen LogP contribution is -2.39. The van der Waals surface area contributed by atoms with E-state index in [2.05, 4.69) is 21.0 Å². The zero-order chi connectivity index (χ0) is 11.2. The zero-order valence-corrected chi connectivity index (χ0v) is 9.78. The van der Waals surface area contributed by atoms with Gasteiger partial charge < -0.3 is 10.2 Å². The van der Waals surface area contributed by atoms with Gasteiger partial charge in [0.2, 0.25) is 0 Å². The van der Waals surface area contributed by atoms with E-state index in [1.807, 2.05) is 0 Å². The third-order valence-corrected chi connectivity index (χ3v) is 3.40. The Labute approximate surface area is 94.8 Å². The molecule has 2 N–H and O–H groups in total. The number of fused-ring (bicyclic) bond motifs is 1. The standard InChI is InChI=1S/C9H11BrN2O3/c1-12-5-3-2-4-9(15,8(13)14)6(5)7(10)11-12/h15H,2-4H2,1H3,(H,13,14). The van der Waals surface area contributed by atoms with Crippen molar-refractivity contribution in [1.82, 2.24) is 9.78 Å². The summed E-state index contributed by atoms with van der Waals surface area (Å²) in [4.78, 5) is 11.1. The number of carboxylic acids is 1. The van der Waals surface area contributed by atoms with Gasteiger partial charge in [0.05, 0.1) is 5.56 Å². The Morgan fingerprint density at radius 3 is 2.93 bits per heavy atom. The fourth-order valence-corrected chi connectivity index (χ4v) is 2.86. The van der Waals surface area contributed by atoms with E-state index in [0.29, 0.717) is 16.6 Å². The molecule has 1 aliphatic rings. The van der Waals surface area contributed by atoms with Gasteiger partial charge in [-0.3, -0.25) is 4.68 Å². The fraction of sp³-hybridized carbons (Fsp3) is 0.556. The van der Waals surface area contributed by atoms with Gasteiger partial charge in [0, 0.05) is 12.7 Å². The molecule has 6 heteroatoms. The molecule has 0 bridgehead atoms. The van der Waals surface area contributed by atoms with E-state index in [1.54, 1.807) is 11.7 Å². The third-order valence-electron chi connectivity index (χ3n) is 2.84. The molecule has 0 radical (unpaired) electrons. The summed E-state index contributed by atoms with van der Waals surface area (Å²) in [6, 6.07) is 0. The van der Waals surface area contributed by atoms with Gasteiger partial charge >= 0.3 is 5.97 Å². The van der Waals surface area contributed by atoms with Gasteiger partial charge in [-0.25, -0.2) is 4.79 Å². The highest BCUT2D eigenvalue weighted by Crippen LogP contribution is 2.39. The largest absolute Gasteiger partial charge is 0.479 e. The summed E-state index contributed by atoms with van der Waals surface area (Å²) in [5.74, 6) is -1.21. The predicted octanol–water partition coefficient (Wildman–Crippen LogP) is 0.791. The van der Waals surface area contributed by atoms with Crippen LogP contribution >= 0.6 is 15.9 Å². The van der Waals surface area contributed by atoms with Crippen molar-refractivity contribution in [1.29, 1.82) is 0 Å². The van der Waals surface area contributed by atoms with Crippen LogP contribution in [0.15, 0.2) is 4.60 Å². The first-order chi connectivity index (χ1) is 6.97. The van der Waals surface area contributed by atoms with E-state index in [-0.39, 0.29) is 6.42 Å². The van der Waals surface area contributed by atoms with Crippen molar-refractivity contribution >= 4 is 21.9 Å². The summed E-state index contributed by atoms with van der Waals surface area (Å²) in [7, 11) is 1.75. The van der Waals surface area contributed by atoms with Gasteiger partial charge in [-0.05, 0) is 35.2 Å². The average molecular weight is 275 g/mol. The Bertz CT molecular complexity index is 429. The van der Waals surface area contributed by atoms with Gasteiger partial charge in [-0.2, -0.15) is 5.10 Å². The Morgan fingerprint density at radius 2 is 2.33 bits per heavy atom. The molecule has 0 saturated carbocycles. The lowest BCUT2D eigenvalue weighted by molar-refractivity contribution is -0.161. The Kier molecular flexibility index (Phi) is 2.35. The molecule has 0 fully saturated rings. The Hall–Kier alpha value is -0.880. The van der Waals surface area contributed by atoms with Crippen LogP contribution in [0.2, 0.25) is 0 Å². The van der Waals surface area contributed by atoms with Crippen molar-refractivity contribution in [2.75, 3.05) is 0 Å². The van der Waals surface area contributed by atoms with Gasteiger partial charge in [0.25, 0.3) is 0 Å². The summed E-state index contributed by atoms with van der Waals surface area (Å²) >= 11 is 3.19. The number of carboxylic acid groups (broad SMARTS) is 1. The summed E-state index contributed by atoms with van der Waals surface area (Å²) in [5.41, 5.74) is -0.595. The van der Waals surface area contributed by atoms with E-state index >= 15 is 0 Å². The highest BCUT2D eigenvalue weighted by atomic mass is 79.9. The van der Waals surface area contributed by atoms with E-state index in [0.717, 1.165) is 12.1 Å². The molecule has 82 valence electrons. The minimum Gasteiger partial charge on any atom is -0.479 e. The van der Waals surface area contributed by atoms with Crippen molar-refractivity contribution < 1.29 is 15.0 Å². The van der Waals surface area contributed by atoms with Crippen LogP contribution in [0, 0.1) is 0 Å². The van der Waals surface area contributed by atoms with Crippen molar-refractivity contribution in [2.45, 2.75) is 24.9 Å². The smallest absolute Gasteiger partial charge is 0.340 e. The van der Waals surface area contributed by atoms with Gasteiger partial charge in [0.1, 0.15) is 4.60 Å². The van der Waals surface area contributed by atoms with Crippen LogP contribution < -0.4 is 0 Å². The number of aliphatic carboxylic acids is 1. The molecule has 0 amide bonds. The summed E-state index contributed by atoms with van der Waals surface area (Å²) in [6.45, 7) is 0. The minimum atomic E-state index is -1.79. The molecule has 0 aromatic carbocycles. The lowest BCUT2D eigenvalue weighted by Gasteiger charge is -2.28. The predicted molar refractivity (Wildman–Crippen MR) is 55.4 cm³/mol. The molecule has 1 atom stereocenters. The Morgan fingerprint density at radius 1 is 1.67 bits per heavy atom. The van der Waals surface area contributed by atoms with Gasteiger partial charge in [-0.15, -0.1) is 0 Å². The molecule has 0 aliphatic heterocycles. The number of nitrogens with zero attached hydrogens (tertiary/aromatic N) is 2. The molecule has 2 rings (SSSR count). The number of carbonyl (C=O) groups is 1. The summed E-state index contributed by atoms with van der Waals surface area (Å²) < 4.78 is 2.04. The van der Waals surface area contributed by atoms with Gasteiger partial charge in [-0.1, -0.05) is 0 Å². The quantitative estimate of drug-likeness (QED) is 0.794. The van der Waals surface area contributed by atoms with E-state index in [9.17, 15) is 9.90 Å². The second-order valence-electron chi connectivity index (χ2n) is 3.76. The number of hydrogen-bond acceptors (Lipinski definition) is 3. The molecule has 1 aromatic heterocycles. The highest BCUT2D eigenvalue weighted by molar-refractivity contribution is 9.10. The molecule has 1 unspecified atom stereocenters. The first-order valence-corrected chi connectivity index (χ1v) is 5.43. The van der Waals surface area contributed by atoms with Crippen LogP contribution in [-0.2, 0) is 23.9 Å². The number of rotatable bonds is 1. The Balaban J connectivity index is 2.65. The van der Waals surface area contributed by atoms with Crippen LogP contribution in [0.4, 0.5) is 0 Å². The third kappa shape index (κ3) is 1.39. The maximum Gasteiger partial charge on any atom is 0.340 e. The molecular weight excluding hydrogens is 264 g/mol. The molecule has 0 spiro atoms. The second-order valence-corrected chi connectivity index (χ2v) is 4.51. The number of halogens is 1.